The normalized spacial score (nSPS) is 44.5. The molecular formula is C112H185N3O26. The van der Waals surface area contributed by atoms with E-state index in [1.807, 2.05) is 26.8 Å². The number of hydrogen-bond donors (Lipinski definition) is 22. The molecular weight excluding hydrogens is 1800 g/mol. The number of carbonyl (C=O) groups is 1. The summed E-state index contributed by atoms with van der Waals surface area (Å²) in [5.74, 6) is -1.26. The van der Waals surface area contributed by atoms with E-state index in [0.717, 1.165) is 49.1 Å². The van der Waals surface area contributed by atoms with Gasteiger partial charge in [0.2, 0.25) is 0 Å². The molecule has 0 aromatic rings. The van der Waals surface area contributed by atoms with E-state index in [1.54, 1.807) is 89.2 Å². The molecule has 0 radical (unpaired) electrons. The summed E-state index contributed by atoms with van der Waals surface area (Å²) < 4.78 is 0. The van der Waals surface area contributed by atoms with Crippen LogP contribution in [0.1, 0.15) is 339 Å². The van der Waals surface area contributed by atoms with Crippen LogP contribution in [0.2, 0.25) is 0 Å². The molecule has 16 rings (SSSR count). The van der Waals surface area contributed by atoms with E-state index in [1.165, 1.54) is 43.6 Å². The molecule has 0 heterocycles. The molecule has 0 aromatic carbocycles. The summed E-state index contributed by atoms with van der Waals surface area (Å²) in [5.41, 5.74) is -6.49. The van der Waals surface area contributed by atoms with Crippen molar-refractivity contribution in [3.8, 4) is 0 Å². The van der Waals surface area contributed by atoms with E-state index < -0.39 is 151 Å². The smallest absolute Gasteiger partial charge is 0.159 e. The third-order valence-electron chi connectivity index (χ3n) is 41.3. The van der Waals surface area contributed by atoms with Crippen molar-refractivity contribution in [1.82, 2.24) is 0 Å². The van der Waals surface area contributed by atoms with Crippen molar-refractivity contribution in [3.05, 3.63) is 69.9 Å². The van der Waals surface area contributed by atoms with Crippen molar-refractivity contribution in [2.45, 2.75) is 468 Å². The minimum atomic E-state index is -1.46. The second-order valence-electron chi connectivity index (χ2n) is 52.6. The average molecular weight is 1990 g/mol. The fraction of sp³-hybridized carbons (Fsp3) is 0.857. The Labute approximate surface area is 839 Å². The Morgan fingerprint density at radius 1 is 0.340 bits per heavy atom. The summed E-state index contributed by atoms with van der Waals surface area (Å²) in [4.78, 5) is 28.8. The van der Waals surface area contributed by atoms with Crippen molar-refractivity contribution in [2.75, 3.05) is 21.3 Å². The summed E-state index contributed by atoms with van der Waals surface area (Å²) in [6.45, 7) is 37.3. The Morgan fingerprint density at radius 2 is 0.596 bits per heavy atom. The zero-order chi connectivity index (χ0) is 104. The lowest BCUT2D eigenvalue weighted by Gasteiger charge is -2.61. The van der Waals surface area contributed by atoms with E-state index in [9.17, 15) is 117 Å². The van der Waals surface area contributed by atoms with Crippen LogP contribution >= 0.6 is 0 Å². The number of fused-ring (bicyclic) bond motifs is 20. The first-order chi connectivity index (χ1) is 64.3. The monoisotopic (exact) mass is 1990 g/mol. The number of oxime groups is 3. The Kier molecular flexibility index (Phi) is 32.8. The lowest BCUT2D eigenvalue weighted by molar-refractivity contribution is -0.177. The highest BCUT2D eigenvalue weighted by Crippen LogP contribution is 2.74. The Bertz CT molecular complexity index is 4620. The number of allylic oxidation sites excluding steroid dienone is 10. The molecule has 0 spiro atoms. The molecule has 38 atom stereocenters. The Morgan fingerprint density at radius 3 is 0.887 bits per heavy atom. The quantitative estimate of drug-likeness (QED) is 0.0423. The number of aliphatic hydroxyl groups excluding tert-OH is 12. The van der Waals surface area contributed by atoms with Gasteiger partial charge in [-0.25, -0.2) is 0 Å². The van der Waals surface area contributed by atoms with E-state index in [4.69, 9.17) is 14.5 Å². The van der Waals surface area contributed by atoms with Crippen LogP contribution in [0.15, 0.2) is 85.4 Å². The molecule has 0 amide bonds. The van der Waals surface area contributed by atoms with E-state index >= 15 is 0 Å². The molecule has 10 fully saturated rings. The summed E-state index contributed by atoms with van der Waals surface area (Å²) in [6.07, 6.45) is 17.3. The average Bonchev–Trinajstić information content (AvgIpc) is 1.57. The van der Waals surface area contributed by atoms with Gasteiger partial charge in [0.25, 0.3) is 0 Å². The van der Waals surface area contributed by atoms with E-state index in [2.05, 4.69) is 74.4 Å². The molecule has 5 unspecified atom stereocenters. The molecule has 16 aliphatic carbocycles. The zero-order valence-electron chi connectivity index (χ0n) is 88.3. The molecule has 0 aliphatic heterocycles. The predicted molar refractivity (Wildman–Crippen MR) is 538 cm³/mol. The van der Waals surface area contributed by atoms with Crippen LogP contribution in [0.25, 0.3) is 0 Å². The number of ketones is 1. The molecule has 0 saturated heterocycles. The van der Waals surface area contributed by atoms with Crippen LogP contribution < -0.4 is 0 Å². The van der Waals surface area contributed by atoms with Gasteiger partial charge in [0.05, 0.1) is 146 Å². The highest BCUT2D eigenvalue weighted by atomic mass is 16.6. The van der Waals surface area contributed by atoms with Gasteiger partial charge in [0, 0.05) is 46.3 Å². The molecule has 22 N–H and O–H groups in total. The maximum absolute atomic E-state index is 13.2. The summed E-state index contributed by atoms with van der Waals surface area (Å²) in [5, 5.41) is 252. The number of rotatable bonds is 23. The van der Waals surface area contributed by atoms with Crippen LogP contribution in [-0.2, 0) is 19.3 Å². The van der Waals surface area contributed by atoms with Crippen LogP contribution in [0.5, 0.6) is 0 Å². The van der Waals surface area contributed by atoms with Crippen LogP contribution in [0, 0.1) is 114 Å². The van der Waals surface area contributed by atoms with Gasteiger partial charge in [-0.15, -0.1) is 0 Å². The molecule has 10 saturated carbocycles. The van der Waals surface area contributed by atoms with Crippen LogP contribution in [0.3, 0.4) is 0 Å². The van der Waals surface area contributed by atoms with Gasteiger partial charge in [-0.2, -0.15) is 0 Å². The van der Waals surface area contributed by atoms with Crippen molar-refractivity contribution >= 4 is 22.9 Å². The Hall–Kier alpha value is -4.36. The number of nitrogens with zero attached hydrogens (tertiary/aromatic N) is 3. The van der Waals surface area contributed by atoms with Gasteiger partial charge in [0.1, 0.15) is 21.3 Å². The minimum Gasteiger partial charge on any atom is -0.399 e. The predicted octanol–water partition coefficient (Wildman–Crippen LogP) is 11.0. The summed E-state index contributed by atoms with van der Waals surface area (Å²) >= 11 is 0. The Balaban J connectivity index is 0.000000168. The number of hydrogen-bond acceptors (Lipinski definition) is 29. The third kappa shape index (κ3) is 20.4. The third-order valence-corrected chi connectivity index (χ3v) is 41.3. The van der Waals surface area contributed by atoms with Crippen LogP contribution in [-0.4, -0.2) is 286 Å². The molecule has 29 nitrogen and oxygen atoms in total. The lowest BCUT2D eigenvalue weighted by atomic mass is 9.45. The molecule has 804 valence electrons. The SMILES string of the molecule is C.CC(C)(O)CC[C@@H](O)[C@](C)(O)C1CC[C@@]2(O)C3=CC(=O)[C@@H]4C[C@@H](O)[C@@H](O)C[C@]4(C)C3CC[C@]12C.CO/N=C1/C=C2C3=CC[C@H]([C@@](C)(O)[C@H](O)CCC(C)(C)O)[C@@]3(C)CCC2[C@@]2(C)C[C@H](O)[C@H](O)C[C@@H]12.CO/N=C1\C=C2C(CC[C@]3(C)[C@@H]([C@@](C)(O)[C@H](O)CCC(C)(C)O)CC[C@@]23O)[C@@]2(C)C[C@H](O)[C@H](O)C[C@@H]12.CO/N=C1\C=C2C3=CC[C@H]([C@@](C)(O)[C@H](O)CCC(C)(C)O)[C@@]3(C)CCC2[C@@]2(C)C[C@H](O)[C@H](O)C[C@@H]12. The molecule has 29 heteroatoms. The lowest BCUT2D eigenvalue weighted by Crippen LogP contribution is -2.62. The maximum atomic E-state index is 13.2. The largest absolute Gasteiger partial charge is 0.399 e. The van der Waals surface area contributed by atoms with Gasteiger partial charge in [-0.3, -0.25) is 4.79 Å². The molecule has 141 heavy (non-hydrogen) atoms. The molecule has 0 aromatic heterocycles. The number of carbonyl (C=O) groups excluding carboxylic acids is 1. The summed E-state index contributed by atoms with van der Waals surface area (Å²) in [6, 6.07) is 0. The molecule has 16 aliphatic rings. The van der Waals surface area contributed by atoms with Crippen LogP contribution in [0.4, 0.5) is 0 Å². The maximum Gasteiger partial charge on any atom is 0.159 e. The second-order valence-corrected chi connectivity index (χ2v) is 52.6. The second kappa shape index (κ2) is 40.1. The summed E-state index contributed by atoms with van der Waals surface area (Å²) in [7, 11) is 4.55. The van der Waals surface area contributed by atoms with Gasteiger partial charge in [-0.05, 0) is 401 Å². The van der Waals surface area contributed by atoms with Gasteiger partial charge >= 0.3 is 0 Å². The van der Waals surface area contributed by atoms with Crippen molar-refractivity contribution in [1.29, 1.82) is 0 Å². The van der Waals surface area contributed by atoms with Gasteiger partial charge in [0.15, 0.2) is 5.78 Å². The first kappa shape index (κ1) is 115. The van der Waals surface area contributed by atoms with Gasteiger partial charge in [-0.1, -0.05) is 90.4 Å². The zero-order valence-corrected chi connectivity index (χ0v) is 88.3. The topological polar surface area (TPSA) is 527 Å². The first-order valence-corrected chi connectivity index (χ1v) is 52.8. The van der Waals surface area contributed by atoms with Crippen molar-refractivity contribution in [2.24, 2.45) is 130 Å². The molecule has 0 bridgehead atoms. The number of aliphatic hydroxyl groups is 22. The van der Waals surface area contributed by atoms with E-state index in [0.29, 0.717) is 153 Å². The van der Waals surface area contributed by atoms with E-state index in [-0.39, 0.29) is 125 Å². The van der Waals surface area contributed by atoms with Gasteiger partial charge < -0.3 is 127 Å². The fourth-order valence-electron chi connectivity index (χ4n) is 32.7. The minimum absolute atomic E-state index is 0. The van der Waals surface area contributed by atoms with Crippen molar-refractivity contribution in [3.63, 3.8) is 0 Å². The highest BCUT2D eigenvalue weighted by molar-refractivity contribution is 6.01. The first-order valence-electron chi connectivity index (χ1n) is 52.8. The highest BCUT2D eigenvalue weighted by Gasteiger charge is 2.73. The standard InChI is InChI=1S/C28H47NO7.2C28H45NO6.C27H44O7.CH4/c1-24(2,33)10-9-23(32)27(5,34)22-8-12-28(35)17-13-19(29-36-6)18-14-20(30)21(31)15-25(18,3)16(17)7-11-26(22,28)4;2*1-25(2,33)11-10-24(32)28(5,34)23-8-7-17-16-13-20(29-35-6)19-14-21(30)22(31)15-27(19,4)18(16)9-12-26(17,23)3;1-23(2,32)9-8-22(31)26(5,33)21-7-11-27(34)16-12-18(28)17-13-19(29)20(30)14-24(17,3)15(16)6-10-25(21,27)4;/h13,16,18,20-23,30-35H,7-12,14-15H2,1-6H3;2*7,13,18-19,21-24,30-34H,8-12,14-15H2,1-6H3;12,15,17,19-22,29-34H,6-11,13-14H2,1-5H3;1H4/b29-19+;29-20+;29-20-;;/t16?,18-,20+,21-,22-,23+,25+,26+,27+,28+;2*18?,19-,21+,22-,23-,24+,26-,27+,28+;15?,17-,19+,20-,21?,22+,24+,25+,26+,27+;/m0000./s1. The fourth-order valence-corrected chi connectivity index (χ4v) is 32.7. The van der Waals surface area contributed by atoms with Crippen molar-refractivity contribution < 1.29 is 132 Å².